The Bertz CT molecular complexity index is 996. The number of benzene rings is 2. The molecule has 140 valence electrons. The monoisotopic (exact) mass is 374 g/mol. The molecule has 1 saturated carbocycles. The Morgan fingerprint density at radius 3 is 2.46 bits per heavy atom. The van der Waals surface area contributed by atoms with Crippen LogP contribution < -0.4 is 0 Å². The Kier molecular flexibility index (Phi) is 4.86. The minimum atomic E-state index is -0.555. The van der Waals surface area contributed by atoms with E-state index in [1.807, 2.05) is 24.3 Å². The fourth-order valence-corrected chi connectivity index (χ4v) is 3.74. The highest BCUT2D eigenvalue weighted by Gasteiger charge is 2.53. The lowest BCUT2D eigenvalue weighted by Gasteiger charge is -2.51. The molecule has 1 amide bonds. The van der Waals surface area contributed by atoms with Gasteiger partial charge >= 0.3 is 0 Å². The summed E-state index contributed by atoms with van der Waals surface area (Å²) in [6.45, 7) is -0.170. The van der Waals surface area contributed by atoms with Crippen molar-refractivity contribution >= 4 is 5.91 Å². The van der Waals surface area contributed by atoms with Gasteiger partial charge in [-0.2, -0.15) is 5.26 Å². The van der Waals surface area contributed by atoms with Gasteiger partial charge in [-0.25, -0.2) is 4.39 Å². The van der Waals surface area contributed by atoms with Gasteiger partial charge < -0.3 is 10.0 Å². The van der Waals surface area contributed by atoms with Crippen molar-refractivity contribution in [2.75, 3.05) is 6.61 Å². The van der Waals surface area contributed by atoms with Gasteiger partial charge in [-0.15, -0.1) is 0 Å². The molecular weight excluding hydrogens is 355 g/mol. The highest BCUT2D eigenvalue weighted by atomic mass is 19.1. The Balaban J connectivity index is 1.53. The molecule has 0 aromatic heterocycles. The normalized spacial score (nSPS) is 23.2. The lowest BCUT2D eigenvalue weighted by molar-refractivity contribution is -0.148. The number of aliphatic hydroxyl groups is 1. The van der Waals surface area contributed by atoms with Crippen molar-refractivity contribution in [2.24, 2.45) is 5.92 Å². The smallest absolute Gasteiger partial charge is 0.227 e. The molecule has 4 nitrogen and oxygen atoms in total. The molecule has 4 rings (SSSR count). The van der Waals surface area contributed by atoms with E-state index in [1.54, 1.807) is 23.1 Å². The summed E-state index contributed by atoms with van der Waals surface area (Å²) in [5.74, 6) is 5.18. The van der Waals surface area contributed by atoms with E-state index in [4.69, 9.17) is 0 Å². The maximum absolute atomic E-state index is 13.7. The van der Waals surface area contributed by atoms with E-state index >= 15 is 0 Å². The molecule has 2 fully saturated rings. The fourth-order valence-electron chi connectivity index (χ4n) is 3.74. The van der Waals surface area contributed by atoms with Crippen LogP contribution >= 0.6 is 0 Å². The maximum Gasteiger partial charge on any atom is 0.227 e. The van der Waals surface area contributed by atoms with Crippen LogP contribution in [0.15, 0.2) is 48.5 Å². The van der Waals surface area contributed by atoms with E-state index < -0.39 is 6.04 Å². The Labute approximate surface area is 163 Å². The summed E-state index contributed by atoms with van der Waals surface area (Å²) >= 11 is 0. The summed E-state index contributed by atoms with van der Waals surface area (Å²) in [6, 6.07) is 15.0. The lowest BCUT2D eigenvalue weighted by Crippen LogP contribution is -2.65. The Morgan fingerprint density at radius 1 is 1.14 bits per heavy atom. The third-order valence-corrected chi connectivity index (χ3v) is 5.42. The summed E-state index contributed by atoms with van der Waals surface area (Å²) in [5.41, 5.74) is 1.96. The average molecular weight is 374 g/mol. The van der Waals surface area contributed by atoms with Crippen molar-refractivity contribution in [3.8, 4) is 17.9 Å². The number of aliphatic hydroxyl groups excluding tert-OH is 1. The number of amides is 1. The van der Waals surface area contributed by atoms with Gasteiger partial charge in [0.2, 0.25) is 5.91 Å². The molecule has 1 saturated heterocycles. The van der Waals surface area contributed by atoms with Crippen molar-refractivity contribution in [1.29, 1.82) is 5.26 Å². The minimum Gasteiger partial charge on any atom is -0.394 e. The second-order valence-electron chi connectivity index (χ2n) is 7.22. The van der Waals surface area contributed by atoms with Crippen LogP contribution in [-0.4, -0.2) is 34.6 Å². The van der Waals surface area contributed by atoms with E-state index in [-0.39, 0.29) is 36.2 Å². The molecule has 0 spiro atoms. The minimum absolute atomic E-state index is 0.0156. The summed E-state index contributed by atoms with van der Waals surface area (Å²) in [4.78, 5) is 14.0. The van der Waals surface area contributed by atoms with Crippen molar-refractivity contribution in [1.82, 2.24) is 4.90 Å². The van der Waals surface area contributed by atoms with Gasteiger partial charge in [0.25, 0.3) is 0 Å². The van der Waals surface area contributed by atoms with Crippen LogP contribution in [0.2, 0.25) is 0 Å². The first-order chi connectivity index (χ1) is 13.6. The van der Waals surface area contributed by atoms with Gasteiger partial charge in [0.05, 0.1) is 24.3 Å². The van der Waals surface area contributed by atoms with Crippen LogP contribution in [0, 0.1) is 34.9 Å². The van der Waals surface area contributed by atoms with Crippen molar-refractivity contribution < 1.29 is 14.3 Å². The standard InChI is InChI=1S/C23H19FN2O2/c24-19-4-2-1-3-16(19)8-5-15-6-9-17(10-7-15)22-20(13-25)26(21(22)14-27)23(28)18-11-12-18/h1-4,6-7,9-10,18,20-22,27H,11-12,14H2/t20-,21-,22-/m1/s1. The van der Waals surface area contributed by atoms with Crippen molar-refractivity contribution in [3.05, 3.63) is 71.0 Å². The second kappa shape index (κ2) is 7.46. The van der Waals surface area contributed by atoms with Crippen LogP contribution in [0.1, 0.15) is 35.4 Å². The van der Waals surface area contributed by atoms with Crippen molar-refractivity contribution in [3.63, 3.8) is 0 Å². The molecule has 0 unspecified atom stereocenters. The largest absolute Gasteiger partial charge is 0.394 e. The molecule has 1 aliphatic carbocycles. The zero-order valence-corrected chi connectivity index (χ0v) is 15.2. The van der Waals surface area contributed by atoms with Gasteiger partial charge in [-0.3, -0.25) is 4.79 Å². The first-order valence-electron chi connectivity index (χ1n) is 9.33. The zero-order chi connectivity index (χ0) is 19.7. The number of nitrogens with zero attached hydrogens (tertiary/aromatic N) is 2. The number of halogens is 1. The first-order valence-corrected chi connectivity index (χ1v) is 9.33. The lowest BCUT2D eigenvalue weighted by atomic mass is 9.75. The highest BCUT2D eigenvalue weighted by molar-refractivity contribution is 5.83. The van der Waals surface area contributed by atoms with Gasteiger partial charge in [0.15, 0.2) is 0 Å². The summed E-state index contributed by atoms with van der Waals surface area (Å²) in [7, 11) is 0. The third-order valence-electron chi connectivity index (χ3n) is 5.42. The third kappa shape index (κ3) is 3.26. The van der Waals surface area contributed by atoms with Crippen LogP contribution in [0.3, 0.4) is 0 Å². The van der Waals surface area contributed by atoms with E-state index in [9.17, 15) is 19.6 Å². The number of likely N-dealkylation sites (tertiary alicyclic amines) is 1. The SMILES string of the molecule is N#C[C@@H]1[C@@H](c2ccc(C#Cc3ccccc3F)cc2)[C@@H](CO)N1C(=O)C1CC1. The number of hydrogen-bond acceptors (Lipinski definition) is 3. The fraction of sp³-hybridized carbons (Fsp3) is 0.304. The zero-order valence-electron chi connectivity index (χ0n) is 15.2. The average Bonchev–Trinajstić information content (AvgIpc) is 3.53. The quantitative estimate of drug-likeness (QED) is 0.841. The number of carbonyl (C=O) groups is 1. The number of rotatable bonds is 3. The van der Waals surface area contributed by atoms with E-state index in [0.29, 0.717) is 5.56 Å². The molecule has 3 atom stereocenters. The topological polar surface area (TPSA) is 64.3 Å². The van der Waals surface area contributed by atoms with Gasteiger partial charge in [-0.1, -0.05) is 36.1 Å². The Morgan fingerprint density at radius 2 is 1.86 bits per heavy atom. The molecule has 2 aromatic carbocycles. The predicted molar refractivity (Wildman–Crippen MR) is 101 cm³/mol. The van der Waals surface area contributed by atoms with E-state index in [2.05, 4.69) is 17.9 Å². The van der Waals surface area contributed by atoms with E-state index in [0.717, 1.165) is 24.0 Å². The van der Waals surface area contributed by atoms with Crippen LogP contribution in [-0.2, 0) is 4.79 Å². The molecule has 2 aromatic rings. The molecular formula is C23H19FN2O2. The van der Waals surface area contributed by atoms with Gasteiger partial charge in [0, 0.05) is 17.4 Å². The molecule has 5 heteroatoms. The van der Waals surface area contributed by atoms with Crippen LogP contribution in [0.5, 0.6) is 0 Å². The molecule has 1 heterocycles. The molecule has 1 N–H and O–H groups in total. The molecule has 2 aliphatic rings. The summed E-state index contributed by atoms with van der Waals surface area (Å²) < 4.78 is 13.7. The summed E-state index contributed by atoms with van der Waals surface area (Å²) in [5, 5.41) is 19.3. The Hall–Kier alpha value is -3.15. The number of nitriles is 1. The molecule has 0 radical (unpaired) electrons. The first kappa shape index (κ1) is 18.2. The van der Waals surface area contributed by atoms with Gasteiger partial charge in [-0.05, 0) is 42.7 Å². The van der Waals surface area contributed by atoms with Crippen LogP contribution in [0.4, 0.5) is 4.39 Å². The number of hydrogen-bond donors (Lipinski definition) is 1. The van der Waals surface area contributed by atoms with Crippen molar-refractivity contribution in [2.45, 2.75) is 30.8 Å². The second-order valence-corrected chi connectivity index (χ2v) is 7.22. The highest BCUT2D eigenvalue weighted by Crippen LogP contribution is 2.44. The molecule has 1 aliphatic heterocycles. The molecule has 28 heavy (non-hydrogen) atoms. The van der Waals surface area contributed by atoms with Gasteiger partial charge in [0.1, 0.15) is 11.9 Å². The molecule has 0 bridgehead atoms. The predicted octanol–water partition coefficient (Wildman–Crippen LogP) is 2.81. The van der Waals surface area contributed by atoms with Crippen LogP contribution in [0.25, 0.3) is 0 Å². The van der Waals surface area contributed by atoms with E-state index in [1.165, 1.54) is 6.07 Å². The number of carbonyl (C=O) groups excluding carboxylic acids is 1. The maximum atomic E-state index is 13.7. The summed E-state index contributed by atoms with van der Waals surface area (Å²) in [6.07, 6.45) is 1.73.